The van der Waals surface area contributed by atoms with Gasteiger partial charge in [0.05, 0.1) is 4.92 Å². The average Bonchev–Trinajstić information content (AvgIpc) is 3.16. The number of alkyl halides is 3. The molecule has 2 rings (SSSR count). The van der Waals surface area contributed by atoms with Crippen LogP contribution in [0.1, 0.15) is 26.2 Å². The highest BCUT2D eigenvalue weighted by Crippen LogP contribution is 2.52. The number of halogens is 3. The zero-order valence-corrected chi connectivity index (χ0v) is 11.2. The van der Waals surface area contributed by atoms with Crippen molar-refractivity contribution in [3.8, 4) is 0 Å². The molecule has 0 unspecified atom stereocenters. The summed E-state index contributed by atoms with van der Waals surface area (Å²) in [4.78, 5) is 17.7. The summed E-state index contributed by atoms with van der Waals surface area (Å²) in [5.41, 5.74) is -2.69. The first-order chi connectivity index (χ1) is 9.81. The molecule has 0 aromatic carbocycles. The Morgan fingerprint density at radius 3 is 2.48 bits per heavy atom. The first kappa shape index (κ1) is 15.3. The second-order valence-corrected chi connectivity index (χ2v) is 4.81. The minimum atomic E-state index is -4.48. The maximum atomic E-state index is 12.9. The number of rotatable bonds is 6. The van der Waals surface area contributed by atoms with Gasteiger partial charge in [-0.05, 0) is 19.3 Å². The summed E-state index contributed by atoms with van der Waals surface area (Å²) < 4.78 is 38.8. The molecule has 0 aliphatic heterocycles. The van der Waals surface area contributed by atoms with E-state index in [2.05, 4.69) is 20.6 Å². The standard InChI is InChI=1S/C11H14F3N5O2/c1-2-5-15-8-7(19(20)21)9(17-6-16-8)18-10(3-4-10)11(12,13)14/h6H,2-5H2,1H3,(H2,15,16,17,18). The number of hydrogen-bond donors (Lipinski definition) is 2. The fourth-order valence-electron chi connectivity index (χ4n) is 1.85. The minimum absolute atomic E-state index is 0.0858. The van der Waals surface area contributed by atoms with E-state index >= 15 is 0 Å². The number of aromatic nitrogens is 2. The smallest absolute Gasteiger partial charge is 0.364 e. The molecule has 0 spiro atoms. The molecule has 0 radical (unpaired) electrons. The zero-order valence-electron chi connectivity index (χ0n) is 11.2. The third-order valence-electron chi connectivity index (χ3n) is 3.20. The molecule has 0 atom stereocenters. The fourth-order valence-corrected chi connectivity index (χ4v) is 1.85. The van der Waals surface area contributed by atoms with Crippen LogP contribution in [0.25, 0.3) is 0 Å². The van der Waals surface area contributed by atoms with E-state index in [-0.39, 0.29) is 18.7 Å². The predicted molar refractivity (Wildman–Crippen MR) is 69.1 cm³/mol. The highest BCUT2D eigenvalue weighted by Gasteiger charge is 2.64. The van der Waals surface area contributed by atoms with Crippen molar-refractivity contribution in [1.82, 2.24) is 9.97 Å². The first-order valence-electron chi connectivity index (χ1n) is 6.39. The second-order valence-electron chi connectivity index (χ2n) is 4.81. The van der Waals surface area contributed by atoms with Crippen LogP contribution < -0.4 is 10.6 Å². The van der Waals surface area contributed by atoms with E-state index in [4.69, 9.17) is 0 Å². The van der Waals surface area contributed by atoms with Gasteiger partial charge in [0.2, 0.25) is 11.6 Å². The molecule has 10 heteroatoms. The Morgan fingerprint density at radius 2 is 2.00 bits per heavy atom. The predicted octanol–water partition coefficient (Wildman–Crippen LogP) is 2.71. The molecule has 7 nitrogen and oxygen atoms in total. The van der Waals surface area contributed by atoms with Gasteiger partial charge in [-0.1, -0.05) is 6.92 Å². The van der Waals surface area contributed by atoms with E-state index in [0.29, 0.717) is 13.0 Å². The normalized spacial score (nSPS) is 16.4. The molecule has 1 aliphatic carbocycles. The molecule has 1 aromatic rings. The highest BCUT2D eigenvalue weighted by atomic mass is 19.4. The van der Waals surface area contributed by atoms with Crippen molar-refractivity contribution in [2.75, 3.05) is 17.2 Å². The van der Waals surface area contributed by atoms with Crippen LogP contribution in [0.4, 0.5) is 30.5 Å². The average molecular weight is 305 g/mol. The van der Waals surface area contributed by atoms with Crippen molar-refractivity contribution in [3.05, 3.63) is 16.4 Å². The van der Waals surface area contributed by atoms with Gasteiger partial charge >= 0.3 is 11.9 Å². The molecule has 0 bridgehead atoms. The molecular weight excluding hydrogens is 291 g/mol. The molecule has 2 N–H and O–H groups in total. The van der Waals surface area contributed by atoms with Gasteiger partial charge in [0.1, 0.15) is 11.9 Å². The molecule has 0 saturated heterocycles. The van der Waals surface area contributed by atoms with Crippen LogP contribution in [0.15, 0.2) is 6.33 Å². The number of nitro groups is 1. The molecule has 1 aromatic heterocycles. The van der Waals surface area contributed by atoms with Gasteiger partial charge in [0, 0.05) is 6.54 Å². The summed E-state index contributed by atoms with van der Waals surface area (Å²) in [6.45, 7) is 2.27. The lowest BCUT2D eigenvalue weighted by Crippen LogP contribution is -2.39. The number of nitrogens with zero attached hydrogens (tertiary/aromatic N) is 3. The first-order valence-corrected chi connectivity index (χ1v) is 6.39. The van der Waals surface area contributed by atoms with Gasteiger partial charge in [-0.2, -0.15) is 13.2 Å². The van der Waals surface area contributed by atoms with Gasteiger partial charge < -0.3 is 10.6 Å². The SMILES string of the molecule is CCCNc1ncnc(NC2(C(F)(F)F)CC2)c1[N+](=O)[O-]. The molecule has 1 aliphatic rings. The quantitative estimate of drug-likeness (QED) is 0.620. The van der Waals surface area contributed by atoms with Crippen LogP contribution in [0.5, 0.6) is 0 Å². The topological polar surface area (TPSA) is 93.0 Å². The number of hydrogen-bond acceptors (Lipinski definition) is 6. The largest absolute Gasteiger partial charge is 0.411 e. The van der Waals surface area contributed by atoms with Crippen LogP contribution in [0, 0.1) is 10.1 Å². The summed E-state index contributed by atoms with van der Waals surface area (Å²) in [5.74, 6) is -0.499. The Kier molecular flexibility index (Phi) is 3.88. The number of nitrogens with one attached hydrogen (secondary N) is 2. The summed E-state index contributed by atoms with van der Waals surface area (Å²) in [5, 5.41) is 16.0. The van der Waals surface area contributed by atoms with Crippen LogP contribution in [0.2, 0.25) is 0 Å². The summed E-state index contributed by atoms with van der Waals surface area (Å²) in [7, 11) is 0. The molecule has 1 heterocycles. The molecule has 21 heavy (non-hydrogen) atoms. The lowest BCUT2D eigenvalue weighted by Gasteiger charge is -2.21. The van der Waals surface area contributed by atoms with E-state index in [9.17, 15) is 23.3 Å². The highest BCUT2D eigenvalue weighted by molar-refractivity contribution is 5.70. The van der Waals surface area contributed by atoms with E-state index < -0.39 is 28.1 Å². The van der Waals surface area contributed by atoms with Gasteiger partial charge in [0.25, 0.3) is 0 Å². The van der Waals surface area contributed by atoms with E-state index in [0.717, 1.165) is 6.33 Å². The Labute approximate surface area is 118 Å². The van der Waals surface area contributed by atoms with Crippen molar-refractivity contribution < 1.29 is 18.1 Å². The van der Waals surface area contributed by atoms with Gasteiger partial charge in [-0.15, -0.1) is 0 Å². The fraction of sp³-hybridized carbons (Fsp3) is 0.636. The summed E-state index contributed by atoms with van der Waals surface area (Å²) in [6.07, 6.45) is -3.05. The lowest BCUT2D eigenvalue weighted by molar-refractivity contribution is -0.383. The van der Waals surface area contributed by atoms with Crippen molar-refractivity contribution in [2.24, 2.45) is 0 Å². The Balaban J connectivity index is 2.33. The summed E-state index contributed by atoms with van der Waals surface area (Å²) >= 11 is 0. The monoisotopic (exact) mass is 305 g/mol. The Hall–Kier alpha value is -2.13. The Morgan fingerprint density at radius 1 is 1.38 bits per heavy atom. The molecule has 116 valence electrons. The van der Waals surface area contributed by atoms with Gasteiger partial charge in [-0.25, -0.2) is 9.97 Å². The van der Waals surface area contributed by atoms with E-state index in [1.54, 1.807) is 0 Å². The van der Waals surface area contributed by atoms with Crippen molar-refractivity contribution in [3.63, 3.8) is 0 Å². The second kappa shape index (κ2) is 5.34. The van der Waals surface area contributed by atoms with Crippen LogP contribution >= 0.6 is 0 Å². The van der Waals surface area contributed by atoms with Gasteiger partial charge in [0.15, 0.2) is 0 Å². The maximum absolute atomic E-state index is 12.9. The van der Waals surface area contributed by atoms with Crippen molar-refractivity contribution in [2.45, 2.75) is 37.9 Å². The van der Waals surface area contributed by atoms with E-state index in [1.807, 2.05) is 6.92 Å². The third kappa shape index (κ3) is 2.98. The Bertz CT molecular complexity index is 545. The lowest BCUT2D eigenvalue weighted by atomic mass is 10.2. The minimum Gasteiger partial charge on any atom is -0.364 e. The summed E-state index contributed by atoms with van der Waals surface area (Å²) in [6, 6.07) is 0. The molecule has 1 saturated carbocycles. The van der Waals surface area contributed by atoms with E-state index in [1.165, 1.54) is 0 Å². The maximum Gasteiger partial charge on any atom is 0.411 e. The van der Waals surface area contributed by atoms with Crippen molar-refractivity contribution in [1.29, 1.82) is 0 Å². The zero-order chi connectivity index (χ0) is 15.7. The van der Waals surface area contributed by atoms with Gasteiger partial charge in [-0.3, -0.25) is 10.1 Å². The van der Waals surface area contributed by atoms with Crippen LogP contribution in [-0.2, 0) is 0 Å². The van der Waals surface area contributed by atoms with Crippen LogP contribution in [0.3, 0.4) is 0 Å². The third-order valence-corrected chi connectivity index (χ3v) is 3.20. The molecule has 1 fully saturated rings. The van der Waals surface area contributed by atoms with Crippen molar-refractivity contribution >= 4 is 17.3 Å². The molecule has 0 amide bonds. The molecular formula is C11H14F3N5O2. The number of anilines is 2. The van der Waals surface area contributed by atoms with Crippen LogP contribution in [-0.4, -0.2) is 33.2 Å².